The molecular formula is C88H96N26O4. The first-order chi connectivity index (χ1) is 56.8. The number of aryl methyl sites for hydroxylation is 8. The van der Waals surface area contributed by atoms with Gasteiger partial charge in [-0.25, -0.2) is 33.5 Å². The first kappa shape index (κ1) is 77.7. The van der Waals surface area contributed by atoms with Gasteiger partial charge in [0.15, 0.2) is 5.65 Å². The first-order valence-corrected chi connectivity index (χ1v) is 40.3. The Morgan fingerprint density at radius 3 is 1.46 bits per heavy atom. The summed E-state index contributed by atoms with van der Waals surface area (Å²) < 4.78 is 13.7. The van der Waals surface area contributed by atoms with Crippen LogP contribution in [-0.4, -0.2) is 180 Å². The molecule has 20 rings (SSSR count). The number of benzene rings is 1. The fourth-order valence-corrected chi connectivity index (χ4v) is 17.0. The lowest BCUT2D eigenvalue weighted by molar-refractivity contribution is 0.340. The van der Waals surface area contributed by atoms with Gasteiger partial charge in [-0.1, -0.05) is 12.1 Å². The van der Waals surface area contributed by atoms with Crippen molar-refractivity contribution in [1.29, 1.82) is 0 Å². The van der Waals surface area contributed by atoms with Crippen LogP contribution >= 0.6 is 0 Å². The molecule has 19 heterocycles. The monoisotopic (exact) mass is 1580 g/mol. The van der Waals surface area contributed by atoms with Crippen LogP contribution in [-0.2, 0) is 7.05 Å². The maximum Gasteiger partial charge on any atom is 0.258 e. The van der Waals surface area contributed by atoms with Crippen LogP contribution in [0, 0.1) is 60.3 Å². The molecule has 3 fully saturated rings. The summed E-state index contributed by atoms with van der Waals surface area (Å²) in [6.45, 7) is 25.6. The van der Waals surface area contributed by atoms with Crippen molar-refractivity contribution in [3.63, 3.8) is 0 Å². The van der Waals surface area contributed by atoms with E-state index in [0.717, 1.165) is 167 Å². The predicted molar refractivity (Wildman–Crippen MR) is 460 cm³/mol. The molecule has 1 aromatic carbocycles. The third-order valence-electron chi connectivity index (χ3n) is 22.7. The second-order valence-electron chi connectivity index (χ2n) is 32.3. The zero-order chi connectivity index (χ0) is 82.1. The number of piperidine rings is 1. The van der Waals surface area contributed by atoms with E-state index >= 15 is 0 Å². The number of nitrogens with one attached hydrogen (secondary N) is 2. The van der Waals surface area contributed by atoms with Crippen LogP contribution in [0.4, 0.5) is 11.4 Å². The van der Waals surface area contributed by atoms with Crippen LogP contribution in [0.1, 0.15) is 103 Å². The standard InChI is InChI=1S/C23H27N7O.C23H24N6O.C21H23N7O.C21H22N6O/c1-15-11-30-21(16(2)24-15)9-20(26-30)19-10-23(31)29-14-18(5-6-22(29)25-19)28-8-7-17(13-28)12-27(3)4;1-13-7-18(8-14(2)24-13)17-5-6-22-26-19(10-23(30)28(22)12-17)20-9-21-16(4)25-15(3)11-29(21)27-20;1-13-10-28-19(14(2)23-13)7-18(25-28)17-8-21(29)27-12-16(3-4-20(27)24-17)26-6-5-15(9-22)11-26;1-13-21-24-18(15-3-4-17-16(9-15)11-26(2)25-17)10-20(28)27(21)12-19(23-13)14-5-7-22-8-6-14/h5-6,9-11,14,17H,7-8,12-13H2,1-4H3;5-7,9-14,24H,8H2,1-4H3;3-4,7-8,10,12,15H,5-6,9,11,22H2,1-2H3;3-4,9-12,14,22H,5-8H2,1-2H3/t17-;13-,14-;15-;/m101./s1. The van der Waals surface area contributed by atoms with Gasteiger partial charge >= 0.3 is 0 Å². The van der Waals surface area contributed by atoms with Crippen molar-refractivity contribution < 1.29 is 0 Å². The summed E-state index contributed by atoms with van der Waals surface area (Å²) in [5.74, 6) is 1.56. The average molecular weight is 1580 g/mol. The third-order valence-corrected chi connectivity index (χ3v) is 22.7. The highest BCUT2D eigenvalue weighted by molar-refractivity contribution is 5.84. The summed E-state index contributed by atoms with van der Waals surface area (Å²) in [5, 5.41) is 26.1. The molecule has 0 spiro atoms. The van der Waals surface area contributed by atoms with Gasteiger partial charge in [-0.05, 0) is 218 Å². The van der Waals surface area contributed by atoms with E-state index in [1.807, 2.05) is 172 Å². The van der Waals surface area contributed by atoms with Gasteiger partial charge in [0.25, 0.3) is 22.2 Å². The second-order valence-corrected chi connectivity index (χ2v) is 32.3. The number of hydrogen-bond acceptors (Lipinski definition) is 22. The van der Waals surface area contributed by atoms with Gasteiger partial charge in [-0.15, -0.1) is 0 Å². The Morgan fingerprint density at radius 1 is 0.466 bits per heavy atom. The van der Waals surface area contributed by atoms with Crippen LogP contribution < -0.4 is 48.4 Å². The van der Waals surface area contributed by atoms with Gasteiger partial charge in [0.1, 0.15) is 34.0 Å². The van der Waals surface area contributed by atoms with Crippen LogP contribution in [0.3, 0.4) is 0 Å². The van der Waals surface area contributed by atoms with E-state index < -0.39 is 0 Å². The highest BCUT2D eigenvalue weighted by Gasteiger charge is 2.27. The van der Waals surface area contributed by atoms with E-state index in [2.05, 4.69) is 106 Å². The summed E-state index contributed by atoms with van der Waals surface area (Å²) in [7, 11) is 6.13. The van der Waals surface area contributed by atoms with Crippen molar-refractivity contribution in [3.05, 3.63) is 245 Å². The Morgan fingerprint density at radius 2 is 0.949 bits per heavy atom. The quantitative estimate of drug-likeness (QED) is 0.108. The lowest BCUT2D eigenvalue weighted by Gasteiger charge is -2.26. The molecule has 30 heteroatoms. The molecule has 602 valence electrons. The first-order valence-electron chi connectivity index (χ1n) is 40.3. The Hall–Kier alpha value is -12.9. The number of hydrogen-bond donors (Lipinski definition) is 3. The third kappa shape index (κ3) is 16.0. The second kappa shape index (κ2) is 32.0. The highest BCUT2D eigenvalue weighted by Crippen LogP contribution is 2.32. The number of pyridine rings is 3. The Kier molecular flexibility index (Phi) is 21.0. The smallest absolute Gasteiger partial charge is 0.258 e. The minimum atomic E-state index is -0.121. The lowest BCUT2D eigenvalue weighted by atomic mass is 9.94. The molecule has 0 radical (unpaired) electrons. The average Bonchev–Trinajstić information content (AvgIpc) is 1.46. The minimum absolute atomic E-state index is 0.0769. The van der Waals surface area contributed by atoms with Gasteiger partial charge in [-0.3, -0.25) is 61.4 Å². The van der Waals surface area contributed by atoms with E-state index in [1.165, 1.54) is 12.0 Å². The molecule has 4 atom stereocenters. The molecule has 4 aliphatic rings. The summed E-state index contributed by atoms with van der Waals surface area (Å²) in [6.07, 6.45) is 22.6. The SMILES string of the molecule is Cc1cn2nc(-c3cc(=O)n4cc(C5=C[C@H](C)N[C@@H](C)C5)ccc4n3)cc2c(C)n1.Cc1cn2nc(-c3cc(=O)n4cc(N5CC[C@H](CN(C)C)C5)ccc4n3)cc2c(C)n1.Cc1cn2nc(-c3cc(=O)n4cc(N5CC[C@H](CN)C5)ccc4n3)cc2c(C)n1.Cc1nc(C2CCNCC2)cn2c(=O)cc(-c3ccc4nn(C)cc4c3)nc12. The summed E-state index contributed by atoms with van der Waals surface area (Å²) >= 11 is 0. The Labute approximate surface area is 679 Å². The number of nitrogens with zero attached hydrogens (tertiary/aromatic N) is 23. The minimum Gasteiger partial charge on any atom is -0.370 e. The largest absolute Gasteiger partial charge is 0.370 e. The Bertz CT molecular complexity index is 6890. The number of rotatable bonds is 11. The maximum absolute atomic E-state index is 12.9. The Balaban J connectivity index is 0.000000113. The van der Waals surface area contributed by atoms with Gasteiger partial charge in [0.05, 0.1) is 120 Å². The van der Waals surface area contributed by atoms with Crippen molar-refractivity contribution in [2.75, 3.05) is 76.3 Å². The van der Waals surface area contributed by atoms with Crippen molar-refractivity contribution in [2.24, 2.45) is 24.6 Å². The molecule has 15 aromatic heterocycles. The maximum atomic E-state index is 12.9. The van der Waals surface area contributed by atoms with E-state index in [1.54, 1.807) is 60.1 Å². The van der Waals surface area contributed by atoms with Gasteiger partial charge in [-0.2, -0.15) is 20.4 Å². The van der Waals surface area contributed by atoms with Crippen LogP contribution in [0.2, 0.25) is 0 Å². The topological polar surface area (TPSA) is 319 Å². The van der Waals surface area contributed by atoms with E-state index in [-0.39, 0.29) is 22.2 Å². The predicted octanol–water partition coefficient (Wildman–Crippen LogP) is 9.81. The zero-order valence-electron chi connectivity index (χ0n) is 68.5. The van der Waals surface area contributed by atoms with Crippen LogP contribution in [0.25, 0.3) is 101 Å². The molecule has 4 N–H and O–H groups in total. The summed E-state index contributed by atoms with van der Waals surface area (Å²) in [4.78, 5) is 95.6. The molecule has 3 saturated heterocycles. The van der Waals surface area contributed by atoms with E-state index in [4.69, 9.17) is 25.7 Å². The molecule has 0 amide bonds. The number of nitrogens with two attached hydrogens (primary N) is 1. The molecule has 16 aromatic rings. The van der Waals surface area contributed by atoms with Crippen LogP contribution in [0.15, 0.2) is 172 Å². The molecule has 4 aliphatic heterocycles. The number of aromatic nitrogens is 20. The number of anilines is 2. The van der Waals surface area contributed by atoms with Crippen molar-refractivity contribution in [2.45, 2.75) is 112 Å². The van der Waals surface area contributed by atoms with Gasteiger partial charge in [0.2, 0.25) is 0 Å². The summed E-state index contributed by atoms with van der Waals surface area (Å²) in [6, 6.07) is 30.6. The molecular weight excluding hydrogens is 1490 g/mol. The van der Waals surface area contributed by atoms with Gasteiger partial charge in [0, 0.05) is 124 Å². The van der Waals surface area contributed by atoms with Crippen LogP contribution in [0.5, 0.6) is 0 Å². The number of fused-ring (bicyclic) bond motifs is 8. The fourth-order valence-electron chi connectivity index (χ4n) is 17.0. The molecule has 0 bridgehead atoms. The lowest BCUT2D eigenvalue weighted by Crippen LogP contribution is -2.36. The fraction of sp³-hybridized carbons (Fsp3) is 0.341. The van der Waals surface area contributed by atoms with Gasteiger partial charge < -0.3 is 31.1 Å². The highest BCUT2D eigenvalue weighted by atomic mass is 16.1. The van der Waals surface area contributed by atoms with Crippen molar-refractivity contribution >= 4 is 67.0 Å². The molecule has 30 nitrogen and oxygen atoms in total. The normalized spacial score (nSPS) is 17.2. The van der Waals surface area contributed by atoms with Crippen molar-refractivity contribution in [3.8, 4) is 45.4 Å². The molecule has 118 heavy (non-hydrogen) atoms. The van der Waals surface area contributed by atoms with E-state index in [9.17, 15) is 19.2 Å². The molecule has 0 saturated carbocycles. The van der Waals surface area contributed by atoms with E-state index in [0.29, 0.717) is 98.8 Å². The molecule has 0 aliphatic carbocycles. The summed E-state index contributed by atoms with van der Waals surface area (Å²) in [5.41, 5.74) is 28.3. The zero-order valence-corrected chi connectivity index (χ0v) is 68.5. The van der Waals surface area contributed by atoms with Crippen molar-refractivity contribution in [1.82, 2.24) is 112 Å². The molecule has 0 unspecified atom stereocenters.